The zero-order chi connectivity index (χ0) is 10.8. The maximum Gasteiger partial charge on any atom is 0.260 e. The van der Waals surface area contributed by atoms with Crippen LogP contribution in [0.4, 0.5) is 0 Å². The molecule has 15 heavy (non-hydrogen) atoms. The number of carbonyl (C=O) groups excluding carboxylic acids is 1. The Kier molecular flexibility index (Phi) is 2.55. The summed E-state index contributed by atoms with van der Waals surface area (Å²) in [5, 5.41) is 9.28. The average Bonchev–Trinajstić information content (AvgIpc) is 2.65. The van der Waals surface area contributed by atoms with Gasteiger partial charge in [0.1, 0.15) is 5.56 Å². The molecule has 80 valence electrons. The van der Waals surface area contributed by atoms with Crippen LogP contribution >= 0.6 is 0 Å². The number of aliphatic hydroxyl groups is 1. The third kappa shape index (κ3) is 1.92. The number of amides is 1. The molecule has 1 fully saturated rings. The number of hydrogen-bond donors (Lipinski definition) is 2. The fourth-order valence-corrected chi connectivity index (χ4v) is 1.69. The lowest BCUT2D eigenvalue weighted by molar-refractivity contribution is 0.0763. The summed E-state index contributed by atoms with van der Waals surface area (Å²) in [6.45, 7) is 0.821. The first kappa shape index (κ1) is 9.92. The Bertz CT molecular complexity index is 427. The molecule has 2 heterocycles. The van der Waals surface area contributed by atoms with Crippen molar-refractivity contribution < 1.29 is 9.90 Å². The second kappa shape index (κ2) is 3.86. The SMILES string of the molecule is O=C(c1ccc[nH]c1=O)N1CCC(O)C1. The van der Waals surface area contributed by atoms with Crippen molar-refractivity contribution in [3.05, 3.63) is 34.2 Å². The number of nitrogens with zero attached hydrogens (tertiary/aromatic N) is 1. The number of aliphatic hydroxyl groups excluding tert-OH is 1. The monoisotopic (exact) mass is 208 g/mol. The molecule has 2 N–H and O–H groups in total. The molecule has 1 saturated heterocycles. The van der Waals surface area contributed by atoms with Gasteiger partial charge in [0.25, 0.3) is 11.5 Å². The molecule has 1 unspecified atom stereocenters. The zero-order valence-corrected chi connectivity index (χ0v) is 8.14. The molecule has 5 nitrogen and oxygen atoms in total. The van der Waals surface area contributed by atoms with E-state index >= 15 is 0 Å². The Hall–Kier alpha value is -1.62. The van der Waals surface area contributed by atoms with E-state index in [1.54, 1.807) is 6.07 Å². The van der Waals surface area contributed by atoms with Crippen LogP contribution in [0.3, 0.4) is 0 Å². The minimum absolute atomic E-state index is 0.131. The number of carbonyl (C=O) groups is 1. The van der Waals surface area contributed by atoms with Crippen LogP contribution in [0.25, 0.3) is 0 Å². The van der Waals surface area contributed by atoms with Crippen LogP contribution in [0.2, 0.25) is 0 Å². The van der Waals surface area contributed by atoms with Crippen LogP contribution < -0.4 is 5.56 Å². The highest BCUT2D eigenvalue weighted by Gasteiger charge is 2.26. The van der Waals surface area contributed by atoms with E-state index in [1.807, 2.05) is 0 Å². The van der Waals surface area contributed by atoms with Crippen LogP contribution in [0.15, 0.2) is 23.1 Å². The quantitative estimate of drug-likeness (QED) is 0.658. The number of aromatic nitrogens is 1. The first-order valence-corrected chi connectivity index (χ1v) is 4.83. The second-order valence-electron chi connectivity index (χ2n) is 3.61. The van der Waals surface area contributed by atoms with Gasteiger partial charge in [-0.2, -0.15) is 0 Å². The minimum atomic E-state index is -0.461. The van der Waals surface area contributed by atoms with Crippen molar-refractivity contribution in [2.75, 3.05) is 13.1 Å². The lowest BCUT2D eigenvalue weighted by Gasteiger charge is -2.14. The number of hydrogen-bond acceptors (Lipinski definition) is 3. The summed E-state index contributed by atoms with van der Waals surface area (Å²) >= 11 is 0. The van der Waals surface area contributed by atoms with Gasteiger partial charge >= 0.3 is 0 Å². The molecule has 1 aromatic rings. The van der Waals surface area contributed by atoms with Gasteiger partial charge in [0.05, 0.1) is 6.10 Å². The molecular weight excluding hydrogens is 196 g/mol. The van der Waals surface area contributed by atoms with Gasteiger partial charge < -0.3 is 15.0 Å². The highest BCUT2D eigenvalue weighted by Crippen LogP contribution is 2.11. The molecule has 0 aliphatic carbocycles. The van der Waals surface area contributed by atoms with E-state index in [-0.39, 0.29) is 17.0 Å². The fourth-order valence-electron chi connectivity index (χ4n) is 1.69. The van der Waals surface area contributed by atoms with Gasteiger partial charge in [-0.15, -0.1) is 0 Å². The number of pyridine rings is 1. The molecule has 1 amide bonds. The highest BCUT2D eigenvalue weighted by molar-refractivity contribution is 5.93. The Balaban J connectivity index is 2.22. The summed E-state index contributed by atoms with van der Waals surface area (Å²) < 4.78 is 0. The Morgan fingerprint density at radius 2 is 2.40 bits per heavy atom. The van der Waals surface area contributed by atoms with E-state index in [9.17, 15) is 14.7 Å². The molecule has 0 saturated carbocycles. The van der Waals surface area contributed by atoms with E-state index in [0.717, 1.165) is 0 Å². The van der Waals surface area contributed by atoms with Crippen LogP contribution in [-0.4, -0.2) is 40.1 Å². The molecule has 2 rings (SSSR count). The normalized spacial score (nSPS) is 20.6. The van der Waals surface area contributed by atoms with Gasteiger partial charge in [0, 0.05) is 19.3 Å². The predicted molar refractivity (Wildman–Crippen MR) is 53.6 cm³/mol. The van der Waals surface area contributed by atoms with Gasteiger partial charge in [0.15, 0.2) is 0 Å². The summed E-state index contributed by atoms with van der Waals surface area (Å²) in [5.41, 5.74) is -0.254. The third-order valence-corrected chi connectivity index (χ3v) is 2.50. The van der Waals surface area contributed by atoms with Crippen LogP contribution in [0.1, 0.15) is 16.8 Å². The van der Waals surface area contributed by atoms with Crippen LogP contribution in [0, 0.1) is 0 Å². The van der Waals surface area contributed by atoms with E-state index in [4.69, 9.17) is 0 Å². The van der Waals surface area contributed by atoms with Crippen molar-refractivity contribution in [1.82, 2.24) is 9.88 Å². The summed E-state index contributed by atoms with van der Waals surface area (Å²) in [4.78, 5) is 27.1. The molecule has 5 heteroatoms. The molecule has 1 aliphatic rings. The molecule has 1 aromatic heterocycles. The van der Waals surface area contributed by atoms with Crippen molar-refractivity contribution in [3.8, 4) is 0 Å². The Labute approximate surface area is 86.3 Å². The minimum Gasteiger partial charge on any atom is -0.391 e. The topological polar surface area (TPSA) is 73.4 Å². The first-order valence-electron chi connectivity index (χ1n) is 4.83. The van der Waals surface area contributed by atoms with Crippen molar-refractivity contribution in [3.63, 3.8) is 0 Å². The summed E-state index contributed by atoms with van der Waals surface area (Å²) in [6, 6.07) is 3.10. The van der Waals surface area contributed by atoms with Crippen molar-refractivity contribution in [2.45, 2.75) is 12.5 Å². The summed E-state index contributed by atoms with van der Waals surface area (Å²) in [5.74, 6) is -0.312. The zero-order valence-electron chi connectivity index (χ0n) is 8.14. The average molecular weight is 208 g/mol. The summed E-state index contributed by atoms with van der Waals surface area (Å²) in [6.07, 6.45) is 1.60. The van der Waals surface area contributed by atoms with Crippen LogP contribution in [-0.2, 0) is 0 Å². The van der Waals surface area contributed by atoms with Gasteiger partial charge in [-0.3, -0.25) is 9.59 Å². The third-order valence-electron chi connectivity index (χ3n) is 2.50. The molecule has 0 radical (unpaired) electrons. The van der Waals surface area contributed by atoms with E-state index in [0.29, 0.717) is 19.5 Å². The van der Waals surface area contributed by atoms with E-state index in [2.05, 4.69) is 4.98 Å². The number of nitrogens with one attached hydrogen (secondary N) is 1. The van der Waals surface area contributed by atoms with Gasteiger partial charge in [-0.25, -0.2) is 0 Å². The van der Waals surface area contributed by atoms with Crippen molar-refractivity contribution >= 4 is 5.91 Å². The summed E-state index contributed by atoms with van der Waals surface area (Å²) in [7, 11) is 0. The highest BCUT2D eigenvalue weighted by atomic mass is 16.3. The molecule has 0 aromatic carbocycles. The Morgan fingerprint density at radius 3 is 3.00 bits per heavy atom. The number of rotatable bonds is 1. The fraction of sp³-hybridized carbons (Fsp3) is 0.400. The van der Waals surface area contributed by atoms with Gasteiger partial charge in [-0.1, -0.05) is 0 Å². The van der Waals surface area contributed by atoms with Crippen molar-refractivity contribution in [1.29, 1.82) is 0 Å². The molecular formula is C10H12N2O3. The smallest absolute Gasteiger partial charge is 0.260 e. The molecule has 0 bridgehead atoms. The maximum atomic E-state index is 11.8. The number of H-pyrrole nitrogens is 1. The van der Waals surface area contributed by atoms with E-state index < -0.39 is 6.10 Å². The maximum absolute atomic E-state index is 11.8. The number of likely N-dealkylation sites (tertiary alicyclic amines) is 1. The molecule has 0 spiro atoms. The molecule has 1 aliphatic heterocycles. The van der Waals surface area contributed by atoms with E-state index in [1.165, 1.54) is 17.2 Å². The number of β-amino-alcohol motifs (C(OH)–C–C–N with tert-alkyl or cyclic N) is 1. The lowest BCUT2D eigenvalue weighted by atomic mass is 10.2. The largest absolute Gasteiger partial charge is 0.391 e. The van der Waals surface area contributed by atoms with Crippen molar-refractivity contribution in [2.24, 2.45) is 0 Å². The molecule has 1 atom stereocenters. The first-order chi connectivity index (χ1) is 7.18. The Morgan fingerprint density at radius 1 is 1.60 bits per heavy atom. The van der Waals surface area contributed by atoms with Crippen LogP contribution in [0.5, 0.6) is 0 Å². The van der Waals surface area contributed by atoms with Gasteiger partial charge in [0.2, 0.25) is 0 Å². The standard InChI is InChI=1S/C10H12N2O3/c13-7-3-5-12(6-7)10(15)8-2-1-4-11-9(8)14/h1-2,4,7,13H,3,5-6H2,(H,11,14). The lowest BCUT2D eigenvalue weighted by Crippen LogP contribution is -2.33. The second-order valence-corrected chi connectivity index (χ2v) is 3.61. The predicted octanol–water partition coefficient (Wildman–Crippen LogP) is -0.418. The number of aromatic amines is 1. The van der Waals surface area contributed by atoms with Gasteiger partial charge in [-0.05, 0) is 18.6 Å².